The molecular formula is C18H18ClNO3S. The highest BCUT2D eigenvalue weighted by atomic mass is 35.5. The standard InChI is InChI=1S/C18H18ClNO3S/c19-16-8-6-14(7-9-16)17(13-4-2-1-3-5-13)20-18(21)15-10-11-24(22,23)12-15/h1-9,15,17H,10-12H2,(H,20,21)/t15-,17+/m0/s1. The molecule has 1 saturated heterocycles. The third-order valence-corrected chi connectivity index (χ3v) is 6.25. The summed E-state index contributed by atoms with van der Waals surface area (Å²) in [5, 5.41) is 3.63. The van der Waals surface area contributed by atoms with E-state index in [2.05, 4.69) is 5.32 Å². The predicted molar refractivity (Wildman–Crippen MR) is 94.6 cm³/mol. The molecule has 0 aromatic heterocycles. The highest BCUT2D eigenvalue weighted by Gasteiger charge is 2.34. The Morgan fingerprint density at radius 1 is 1.04 bits per heavy atom. The van der Waals surface area contributed by atoms with Gasteiger partial charge in [-0.2, -0.15) is 0 Å². The van der Waals surface area contributed by atoms with Gasteiger partial charge in [-0.1, -0.05) is 54.1 Å². The third kappa shape index (κ3) is 3.97. The monoisotopic (exact) mass is 363 g/mol. The molecule has 0 spiro atoms. The maximum absolute atomic E-state index is 12.6. The zero-order valence-electron chi connectivity index (χ0n) is 13.0. The lowest BCUT2D eigenvalue weighted by Gasteiger charge is -2.21. The van der Waals surface area contributed by atoms with Gasteiger partial charge in [-0.05, 0) is 29.7 Å². The second-order valence-electron chi connectivity index (χ2n) is 6.00. The Morgan fingerprint density at radius 3 is 2.25 bits per heavy atom. The highest BCUT2D eigenvalue weighted by molar-refractivity contribution is 7.91. The van der Waals surface area contributed by atoms with Crippen LogP contribution in [0.25, 0.3) is 0 Å². The lowest BCUT2D eigenvalue weighted by Crippen LogP contribution is -2.35. The summed E-state index contributed by atoms with van der Waals surface area (Å²) in [5.41, 5.74) is 1.84. The Bertz CT molecular complexity index is 819. The van der Waals surface area contributed by atoms with Crippen molar-refractivity contribution in [3.8, 4) is 0 Å². The summed E-state index contributed by atoms with van der Waals surface area (Å²) in [5.74, 6) is -0.684. The van der Waals surface area contributed by atoms with E-state index >= 15 is 0 Å². The Balaban J connectivity index is 1.85. The average molecular weight is 364 g/mol. The number of carbonyl (C=O) groups is 1. The van der Waals surface area contributed by atoms with E-state index in [1.807, 2.05) is 42.5 Å². The van der Waals surface area contributed by atoms with Crippen molar-refractivity contribution in [2.75, 3.05) is 11.5 Å². The van der Waals surface area contributed by atoms with Gasteiger partial charge < -0.3 is 5.32 Å². The molecule has 1 heterocycles. The first-order chi connectivity index (χ1) is 11.4. The molecule has 0 bridgehead atoms. The minimum Gasteiger partial charge on any atom is -0.345 e. The lowest BCUT2D eigenvalue weighted by molar-refractivity contribution is -0.124. The minimum atomic E-state index is -3.09. The van der Waals surface area contributed by atoms with Crippen LogP contribution in [0.1, 0.15) is 23.6 Å². The van der Waals surface area contributed by atoms with E-state index in [0.717, 1.165) is 11.1 Å². The zero-order chi connectivity index (χ0) is 17.2. The largest absolute Gasteiger partial charge is 0.345 e. The van der Waals surface area contributed by atoms with Crippen molar-refractivity contribution >= 4 is 27.3 Å². The van der Waals surface area contributed by atoms with Crippen molar-refractivity contribution in [2.45, 2.75) is 12.5 Å². The van der Waals surface area contributed by atoms with Crippen LogP contribution < -0.4 is 5.32 Å². The summed E-state index contributed by atoms with van der Waals surface area (Å²) in [6.45, 7) is 0. The minimum absolute atomic E-state index is 0.0685. The van der Waals surface area contributed by atoms with E-state index in [1.54, 1.807) is 12.1 Å². The molecule has 0 aliphatic carbocycles. The topological polar surface area (TPSA) is 63.2 Å². The molecule has 1 aliphatic heterocycles. The summed E-state index contributed by atoms with van der Waals surface area (Å²) in [7, 11) is -3.09. The van der Waals surface area contributed by atoms with Crippen molar-refractivity contribution in [3.05, 3.63) is 70.7 Å². The molecule has 2 atom stereocenters. The zero-order valence-corrected chi connectivity index (χ0v) is 14.6. The summed E-state index contributed by atoms with van der Waals surface area (Å²) in [6, 6.07) is 16.5. The fourth-order valence-electron chi connectivity index (χ4n) is 2.92. The molecule has 0 radical (unpaired) electrons. The van der Waals surface area contributed by atoms with Gasteiger partial charge in [0.15, 0.2) is 9.84 Å². The fourth-order valence-corrected chi connectivity index (χ4v) is 4.79. The van der Waals surface area contributed by atoms with Crippen LogP contribution in [0.15, 0.2) is 54.6 Å². The highest BCUT2D eigenvalue weighted by Crippen LogP contribution is 2.26. The number of carbonyl (C=O) groups excluding carboxylic acids is 1. The second-order valence-corrected chi connectivity index (χ2v) is 8.67. The number of hydrogen-bond donors (Lipinski definition) is 1. The quantitative estimate of drug-likeness (QED) is 0.908. The van der Waals surface area contributed by atoms with Crippen molar-refractivity contribution in [1.29, 1.82) is 0 Å². The summed E-state index contributed by atoms with van der Waals surface area (Å²) >= 11 is 5.95. The molecule has 1 aliphatic rings. The average Bonchev–Trinajstić information content (AvgIpc) is 2.94. The van der Waals surface area contributed by atoms with Crippen LogP contribution in [0.5, 0.6) is 0 Å². The molecule has 0 unspecified atom stereocenters. The first-order valence-corrected chi connectivity index (χ1v) is 9.96. The van der Waals surface area contributed by atoms with Crippen LogP contribution in [0.2, 0.25) is 5.02 Å². The summed E-state index contributed by atoms with van der Waals surface area (Å²) < 4.78 is 23.2. The lowest BCUT2D eigenvalue weighted by atomic mass is 9.97. The maximum atomic E-state index is 12.6. The number of halogens is 1. The van der Waals surface area contributed by atoms with Crippen molar-refractivity contribution < 1.29 is 13.2 Å². The van der Waals surface area contributed by atoms with Crippen LogP contribution in [0, 0.1) is 5.92 Å². The van der Waals surface area contributed by atoms with E-state index < -0.39 is 15.8 Å². The van der Waals surface area contributed by atoms with E-state index in [4.69, 9.17) is 11.6 Å². The third-order valence-electron chi connectivity index (χ3n) is 4.23. The molecule has 2 aromatic rings. The van der Waals surface area contributed by atoms with Crippen LogP contribution in [-0.2, 0) is 14.6 Å². The van der Waals surface area contributed by atoms with E-state index in [-0.39, 0.29) is 23.5 Å². The van der Waals surface area contributed by atoms with Gasteiger partial charge in [-0.25, -0.2) is 8.42 Å². The Morgan fingerprint density at radius 2 is 1.67 bits per heavy atom. The van der Waals surface area contributed by atoms with Gasteiger partial charge in [0.2, 0.25) is 5.91 Å². The van der Waals surface area contributed by atoms with Gasteiger partial charge in [0.25, 0.3) is 0 Å². The van der Waals surface area contributed by atoms with Crippen molar-refractivity contribution in [2.24, 2.45) is 5.92 Å². The van der Waals surface area contributed by atoms with Crippen LogP contribution in [-0.4, -0.2) is 25.8 Å². The van der Waals surface area contributed by atoms with Gasteiger partial charge >= 0.3 is 0 Å². The number of rotatable bonds is 4. The molecular weight excluding hydrogens is 346 g/mol. The molecule has 2 aromatic carbocycles. The maximum Gasteiger partial charge on any atom is 0.224 e. The molecule has 3 rings (SSSR count). The summed E-state index contributed by atoms with van der Waals surface area (Å²) in [4.78, 5) is 12.6. The SMILES string of the molecule is O=C(N[C@H](c1ccccc1)c1ccc(Cl)cc1)[C@H]1CCS(=O)(=O)C1. The molecule has 1 N–H and O–H groups in total. The number of sulfone groups is 1. The number of nitrogens with one attached hydrogen (secondary N) is 1. The Labute approximate surface area is 146 Å². The Hall–Kier alpha value is -1.85. The predicted octanol–water partition coefficient (Wildman–Crippen LogP) is 2.98. The van der Waals surface area contributed by atoms with Gasteiger partial charge in [0, 0.05) is 5.02 Å². The van der Waals surface area contributed by atoms with Crippen LogP contribution in [0.4, 0.5) is 0 Å². The molecule has 0 saturated carbocycles. The van der Waals surface area contributed by atoms with Crippen LogP contribution >= 0.6 is 11.6 Å². The van der Waals surface area contributed by atoms with E-state index in [1.165, 1.54) is 0 Å². The first-order valence-electron chi connectivity index (χ1n) is 7.76. The molecule has 126 valence electrons. The Kier molecular flexibility index (Phi) is 4.92. The number of amides is 1. The normalized spacial score (nSPS) is 20.5. The fraction of sp³-hybridized carbons (Fsp3) is 0.278. The van der Waals surface area contributed by atoms with E-state index in [0.29, 0.717) is 11.4 Å². The van der Waals surface area contributed by atoms with Gasteiger partial charge in [0.1, 0.15) is 0 Å². The van der Waals surface area contributed by atoms with Crippen molar-refractivity contribution in [3.63, 3.8) is 0 Å². The molecule has 1 fully saturated rings. The molecule has 24 heavy (non-hydrogen) atoms. The molecule has 1 amide bonds. The number of benzene rings is 2. The molecule has 6 heteroatoms. The van der Waals surface area contributed by atoms with Crippen LogP contribution in [0.3, 0.4) is 0 Å². The van der Waals surface area contributed by atoms with Gasteiger partial charge in [-0.15, -0.1) is 0 Å². The first kappa shape index (κ1) is 17.0. The van der Waals surface area contributed by atoms with Gasteiger partial charge in [0.05, 0.1) is 23.5 Å². The molecule has 4 nitrogen and oxygen atoms in total. The second kappa shape index (κ2) is 6.95. The van der Waals surface area contributed by atoms with Gasteiger partial charge in [-0.3, -0.25) is 4.79 Å². The smallest absolute Gasteiger partial charge is 0.224 e. The van der Waals surface area contributed by atoms with E-state index in [9.17, 15) is 13.2 Å². The number of hydrogen-bond acceptors (Lipinski definition) is 3. The van der Waals surface area contributed by atoms with Crippen molar-refractivity contribution in [1.82, 2.24) is 5.32 Å². The summed E-state index contributed by atoms with van der Waals surface area (Å²) in [6.07, 6.45) is 0.385.